The second-order valence-corrected chi connectivity index (χ2v) is 6.20. The highest BCUT2D eigenvalue weighted by atomic mass is 19.1. The highest BCUT2D eigenvalue weighted by Gasteiger charge is 2.21. The van der Waals surface area contributed by atoms with Crippen LogP contribution in [0, 0.1) is 6.08 Å². The van der Waals surface area contributed by atoms with Crippen molar-refractivity contribution in [3.63, 3.8) is 0 Å². The van der Waals surface area contributed by atoms with Crippen molar-refractivity contribution in [1.82, 2.24) is 19.5 Å². The van der Waals surface area contributed by atoms with Gasteiger partial charge in [-0.2, -0.15) is 14.4 Å². The first-order valence-electron chi connectivity index (χ1n) is 8.37. The molecule has 1 saturated heterocycles. The van der Waals surface area contributed by atoms with Crippen molar-refractivity contribution in [1.29, 1.82) is 0 Å². The van der Waals surface area contributed by atoms with Crippen LogP contribution in [-0.2, 0) is 11.3 Å². The molecule has 0 radical (unpaired) electrons. The molecule has 2 aromatic heterocycles. The summed E-state index contributed by atoms with van der Waals surface area (Å²) in [7, 11) is 0. The number of hydrogen-bond acceptors (Lipinski definition) is 7. The Bertz CT molecular complexity index is 919. The minimum atomic E-state index is -0.865. The van der Waals surface area contributed by atoms with Gasteiger partial charge in [-0.1, -0.05) is 0 Å². The Labute approximate surface area is 148 Å². The number of nitrogens with one attached hydrogen (secondary N) is 1. The number of phenolic OH excluding ortho intramolecular Hbond substituents is 2. The summed E-state index contributed by atoms with van der Waals surface area (Å²) in [5.41, 5.74) is 1.42. The lowest BCUT2D eigenvalue weighted by atomic mass is 10.2. The molecule has 136 valence electrons. The number of phenols is 2. The third-order valence-electron chi connectivity index (χ3n) is 4.28. The van der Waals surface area contributed by atoms with E-state index in [2.05, 4.69) is 20.3 Å². The van der Waals surface area contributed by atoms with Gasteiger partial charge in [0.05, 0.1) is 6.33 Å². The zero-order valence-corrected chi connectivity index (χ0v) is 13.9. The maximum Gasteiger partial charge on any atom is 0.312 e. The van der Waals surface area contributed by atoms with Gasteiger partial charge >= 0.3 is 6.08 Å². The number of halogens is 1. The highest BCUT2D eigenvalue weighted by molar-refractivity contribution is 5.82. The molecule has 1 atom stereocenters. The molecule has 1 aromatic carbocycles. The average Bonchev–Trinajstić information content (AvgIpc) is 3.03. The molecule has 0 spiro atoms. The number of aromatic nitrogens is 4. The van der Waals surface area contributed by atoms with Crippen molar-refractivity contribution < 1.29 is 19.3 Å². The Balaban J connectivity index is 1.63. The summed E-state index contributed by atoms with van der Waals surface area (Å²) in [4.78, 5) is 12.0. The van der Waals surface area contributed by atoms with Gasteiger partial charge < -0.3 is 20.3 Å². The maximum absolute atomic E-state index is 14.0. The number of benzene rings is 1. The molecular formula is C17H18FN5O3. The standard InChI is InChI=1S/C17H18FN5O3/c18-17-21-15(19-8-10-5-11(24)7-12(25)6-10)14-16(22-17)23(9-20-14)13-3-1-2-4-26-13/h5-7,9,13,24-25H,1-4,8H2,(H,19,21,22). The molecule has 3 heterocycles. The third-order valence-corrected chi connectivity index (χ3v) is 4.28. The molecular weight excluding hydrogens is 341 g/mol. The first kappa shape index (κ1) is 16.5. The lowest BCUT2D eigenvalue weighted by Crippen LogP contribution is -2.18. The van der Waals surface area contributed by atoms with Gasteiger partial charge in [0.1, 0.15) is 17.7 Å². The lowest BCUT2D eigenvalue weighted by Gasteiger charge is -2.23. The molecule has 3 N–H and O–H groups in total. The van der Waals surface area contributed by atoms with Crippen molar-refractivity contribution in [2.24, 2.45) is 0 Å². The number of rotatable bonds is 4. The number of nitrogens with zero attached hydrogens (tertiary/aromatic N) is 4. The predicted molar refractivity (Wildman–Crippen MR) is 91.2 cm³/mol. The molecule has 1 aliphatic heterocycles. The molecule has 1 fully saturated rings. The van der Waals surface area contributed by atoms with E-state index in [1.807, 2.05) is 0 Å². The Kier molecular flexibility index (Phi) is 4.29. The van der Waals surface area contributed by atoms with Gasteiger partial charge in [-0.25, -0.2) is 4.98 Å². The van der Waals surface area contributed by atoms with Gasteiger partial charge in [-0.05, 0) is 37.0 Å². The summed E-state index contributed by atoms with van der Waals surface area (Å²) >= 11 is 0. The van der Waals surface area contributed by atoms with E-state index in [9.17, 15) is 14.6 Å². The number of imidazole rings is 1. The topological polar surface area (TPSA) is 105 Å². The Morgan fingerprint density at radius 2 is 2.00 bits per heavy atom. The molecule has 0 saturated carbocycles. The van der Waals surface area contributed by atoms with Crippen molar-refractivity contribution in [2.45, 2.75) is 32.0 Å². The molecule has 1 unspecified atom stereocenters. The smallest absolute Gasteiger partial charge is 0.312 e. The number of hydrogen-bond donors (Lipinski definition) is 3. The minimum absolute atomic E-state index is 0.0560. The monoisotopic (exact) mass is 359 g/mol. The van der Waals surface area contributed by atoms with Crippen molar-refractivity contribution in [2.75, 3.05) is 11.9 Å². The second-order valence-electron chi connectivity index (χ2n) is 6.20. The quantitative estimate of drug-likeness (QED) is 0.615. The summed E-state index contributed by atoms with van der Waals surface area (Å²) in [6.45, 7) is 0.879. The van der Waals surface area contributed by atoms with Crippen LogP contribution >= 0.6 is 0 Å². The SMILES string of the molecule is Oc1cc(O)cc(CNc2nc(F)nc3c2ncn3C2CCCCO2)c1. The first-order chi connectivity index (χ1) is 12.6. The van der Waals surface area contributed by atoms with Gasteiger partial charge in [-0.15, -0.1) is 0 Å². The number of ether oxygens (including phenoxy) is 1. The van der Waals surface area contributed by atoms with Gasteiger partial charge in [-0.3, -0.25) is 4.57 Å². The molecule has 9 heteroatoms. The molecule has 26 heavy (non-hydrogen) atoms. The van der Waals surface area contributed by atoms with Gasteiger partial charge in [0, 0.05) is 19.2 Å². The molecule has 4 rings (SSSR count). The Morgan fingerprint density at radius 1 is 1.19 bits per heavy atom. The Hall–Kier alpha value is -2.94. The minimum Gasteiger partial charge on any atom is -0.508 e. The number of aromatic hydroxyl groups is 2. The third kappa shape index (κ3) is 3.25. The van der Waals surface area contributed by atoms with Crippen LogP contribution in [0.1, 0.15) is 31.1 Å². The zero-order chi connectivity index (χ0) is 18.1. The fraction of sp³-hybridized carbons (Fsp3) is 0.353. The fourth-order valence-corrected chi connectivity index (χ4v) is 3.11. The van der Waals surface area contributed by atoms with Crippen LogP contribution in [-0.4, -0.2) is 36.3 Å². The lowest BCUT2D eigenvalue weighted by molar-refractivity contribution is -0.0298. The predicted octanol–water partition coefficient (Wildman–Crippen LogP) is 2.69. The zero-order valence-electron chi connectivity index (χ0n) is 13.9. The van der Waals surface area contributed by atoms with Crippen LogP contribution in [0.5, 0.6) is 11.5 Å². The Morgan fingerprint density at radius 3 is 2.73 bits per heavy atom. The molecule has 8 nitrogen and oxygen atoms in total. The van der Waals surface area contributed by atoms with Crippen molar-refractivity contribution in [3.8, 4) is 11.5 Å². The maximum atomic E-state index is 14.0. The van der Waals surface area contributed by atoms with E-state index >= 15 is 0 Å². The van der Waals surface area contributed by atoms with Gasteiger partial charge in [0.2, 0.25) is 0 Å². The number of fused-ring (bicyclic) bond motifs is 1. The van der Waals surface area contributed by atoms with Gasteiger partial charge in [0.25, 0.3) is 0 Å². The number of anilines is 1. The normalized spacial score (nSPS) is 17.5. The summed E-state index contributed by atoms with van der Waals surface area (Å²) in [5.74, 6) is 0.129. The largest absolute Gasteiger partial charge is 0.508 e. The van der Waals surface area contributed by atoms with E-state index in [0.29, 0.717) is 23.3 Å². The van der Waals surface area contributed by atoms with Crippen LogP contribution in [0.25, 0.3) is 11.2 Å². The molecule has 0 aliphatic carbocycles. The van der Waals surface area contributed by atoms with Crippen LogP contribution < -0.4 is 5.32 Å². The van der Waals surface area contributed by atoms with E-state index in [1.54, 1.807) is 10.9 Å². The van der Waals surface area contributed by atoms with Crippen molar-refractivity contribution >= 4 is 17.0 Å². The van der Waals surface area contributed by atoms with E-state index < -0.39 is 6.08 Å². The van der Waals surface area contributed by atoms with Crippen molar-refractivity contribution in [3.05, 3.63) is 36.2 Å². The van der Waals surface area contributed by atoms with Crippen LogP contribution in [0.2, 0.25) is 0 Å². The summed E-state index contributed by atoms with van der Waals surface area (Å²) in [6.07, 6.45) is 3.37. The average molecular weight is 359 g/mol. The first-order valence-corrected chi connectivity index (χ1v) is 8.37. The van der Waals surface area contributed by atoms with E-state index in [0.717, 1.165) is 19.3 Å². The summed E-state index contributed by atoms with van der Waals surface area (Å²) in [5, 5.41) is 22.1. The summed E-state index contributed by atoms with van der Waals surface area (Å²) < 4.78 is 21.4. The van der Waals surface area contributed by atoms with Gasteiger partial charge in [0.15, 0.2) is 17.0 Å². The summed E-state index contributed by atoms with van der Waals surface area (Å²) in [6, 6.07) is 4.23. The fourth-order valence-electron chi connectivity index (χ4n) is 3.11. The molecule has 0 amide bonds. The second kappa shape index (κ2) is 6.75. The highest BCUT2D eigenvalue weighted by Crippen LogP contribution is 2.28. The van der Waals surface area contributed by atoms with E-state index in [4.69, 9.17) is 4.74 Å². The van der Waals surface area contributed by atoms with Crippen LogP contribution in [0.3, 0.4) is 0 Å². The molecule has 0 bridgehead atoms. The van der Waals surface area contributed by atoms with Crippen LogP contribution in [0.4, 0.5) is 10.2 Å². The molecule has 1 aliphatic rings. The van der Waals surface area contributed by atoms with E-state index in [1.165, 1.54) is 18.2 Å². The van der Waals surface area contributed by atoms with E-state index in [-0.39, 0.29) is 30.1 Å². The molecule has 3 aromatic rings. The van der Waals surface area contributed by atoms with Crippen LogP contribution in [0.15, 0.2) is 24.5 Å².